The predicted molar refractivity (Wildman–Crippen MR) is 57.7 cm³/mol. The highest BCUT2D eigenvalue weighted by Crippen LogP contribution is 2.02. The van der Waals surface area contributed by atoms with Crippen LogP contribution < -0.4 is 5.32 Å². The average molecular weight is 232 g/mol. The fraction of sp³-hybridized carbons (Fsp3) is 0.778. The number of hydrogen-bond donors (Lipinski definition) is 1. The molecule has 6 heteroatoms. The zero-order valence-corrected chi connectivity index (χ0v) is 9.80. The van der Waals surface area contributed by atoms with Gasteiger partial charge in [0.2, 0.25) is 11.8 Å². The Balaban J connectivity index is 2.49. The molecule has 1 aliphatic heterocycles. The van der Waals surface area contributed by atoms with E-state index in [2.05, 4.69) is 5.32 Å². The number of rotatable bonds is 4. The van der Waals surface area contributed by atoms with Crippen molar-refractivity contribution in [1.29, 1.82) is 0 Å². The second-order valence-corrected chi connectivity index (χ2v) is 5.35. The standard InChI is InChI=1S/C9H16N2O3S/c1-3-15(14)5-4-11-6-8(12)10-7(2)9(11)13/h7H,3-6H2,1-2H3,(H,10,12). The quantitative estimate of drug-likeness (QED) is 0.683. The zero-order valence-electron chi connectivity index (χ0n) is 8.99. The lowest BCUT2D eigenvalue weighted by Gasteiger charge is -2.30. The van der Waals surface area contributed by atoms with Crippen molar-refractivity contribution in [2.75, 3.05) is 24.6 Å². The van der Waals surface area contributed by atoms with Crippen LogP contribution in [0, 0.1) is 0 Å². The molecule has 2 amide bonds. The van der Waals surface area contributed by atoms with Crippen LogP contribution in [0.2, 0.25) is 0 Å². The summed E-state index contributed by atoms with van der Waals surface area (Å²) in [6.07, 6.45) is 0. The third-order valence-electron chi connectivity index (χ3n) is 2.30. The fourth-order valence-corrected chi connectivity index (χ4v) is 2.13. The summed E-state index contributed by atoms with van der Waals surface area (Å²) in [5, 5.41) is 2.55. The van der Waals surface area contributed by atoms with Gasteiger partial charge in [-0.1, -0.05) is 6.92 Å². The molecular formula is C9H16N2O3S. The first-order chi connectivity index (χ1) is 7.04. The van der Waals surface area contributed by atoms with E-state index in [-0.39, 0.29) is 18.4 Å². The summed E-state index contributed by atoms with van der Waals surface area (Å²) in [6.45, 7) is 3.98. The van der Waals surface area contributed by atoms with Crippen molar-refractivity contribution in [1.82, 2.24) is 10.2 Å². The molecule has 0 spiro atoms. The van der Waals surface area contributed by atoms with Crippen LogP contribution in [0.15, 0.2) is 0 Å². The van der Waals surface area contributed by atoms with Crippen LogP contribution in [0.5, 0.6) is 0 Å². The van der Waals surface area contributed by atoms with Crippen LogP contribution in [0.1, 0.15) is 13.8 Å². The van der Waals surface area contributed by atoms with E-state index < -0.39 is 16.8 Å². The average Bonchev–Trinajstić information content (AvgIpc) is 2.20. The molecule has 0 aromatic rings. The zero-order chi connectivity index (χ0) is 11.4. The fourth-order valence-electron chi connectivity index (χ4n) is 1.42. The van der Waals surface area contributed by atoms with Crippen molar-refractivity contribution in [2.24, 2.45) is 0 Å². The highest BCUT2D eigenvalue weighted by Gasteiger charge is 2.29. The maximum atomic E-state index is 11.6. The first-order valence-corrected chi connectivity index (χ1v) is 6.46. The maximum absolute atomic E-state index is 11.6. The maximum Gasteiger partial charge on any atom is 0.245 e. The molecule has 86 valence electrons. The molecule has 1 N–H and O–H groups in total. The van der Waals surface area contributed by atoms with Gasteiger partial charge in [-0.25, -0.2) is 0 Å². The Labute approximate surface area is 91.7 Å². The Bertz CT molecular complexity index is 293. The molecule has 0 radical (unpaired) electrons. The molecule has 2 unspecified atom stereocenters. The molecule has 1 heterocycles. The third-order valence-corrected chi connectivity index (χ3v) is 3.59. The molecule has 1 saturated heterocycles. The van der Waals surface area contributed by atoms with E-state index in [0.717, 1.165) is 0 Å². The van der Waals surface area contributed by atoms with Gasteiger partial charge in [-0.05, 0) is 6.92 Å². The lowest BCUT2D eigenvalue weighted by molar-refractivity contribution is -0.143. The molecule has 15 heavy (non-hydrogen) atoms. The van der Waals surface area contributed by atoms with Gasteiger partial charge in [0.1, 0.15) is 6.04 Å². The summed E-state index contributed by atoms with van der Waals surface area (Å²) in [4.78, 5) is 24.2. The van der Waals surface area contributed by atoms with E-state index in [4.69, 9.17) is 0 Å². The molecule has 0 bridgehead atoms. The molecule has 1 aliphatic rings. The van der Waals surface area contributed by atoms with Crippen molar-refractivity contribution < 1.29 is 13.8 Å². The van der Waals surface area contributed by atoms with Crippen molar-refractivity contribution in [3.05, 3.63) is 0 Å². The third kappa shape index (κ3) is 3.30. The topological polar surface area (TPSA) is 66.5 Å². The van der Waals surface area contributed by atoms with Crippen LogP contribution in [0.25, 0.3) is 0 Å². The van der Waals surface area contributed by atoms with Crippen molar-refractivity contribution in [2.45, 2.75) is 19.9 Å². The lowest BCUT2D eigenvalue weighted by Crippen LogP contribution is -2.57. The summed E-state index contributed by atoms with van der Waals surface area (Å²) < 4.78 is 11.2. The highest BCUT2D eigenvalue weighted by atomic mass is 32.2. The summed E-state index contributed by atoms with van der Waals surface area (Å²) in [5.41, 5.74) is 0. The van der Waals surface area contributed by atoms with Crippen LogP contribution in [-0.2, 0) is 20.4 Å². The molecule has 0 saturated carbocycles. The number of amides is 2. The molecule has 0 aliphatic carbocycles. The first-order valence-electron chi connectivity index (χ1n) is 4.97. The van der Waals surface area contributed by atoms with Gasteiger partial charge in [-0.15, -0.1) is 0 Å². The highest BCUT2D eigenvalue weighted by molar-refractivity contribution is 7.84. The van der Waals surface area contributed by atoms with E-state index >= 15 is 0 Å². The monoisotopic (exact) mass is 232 g/mol. The van der Waals surface area contributed by atoms with Crippen LogP contribution in [0.4, 0.5) is 0 Å². The van der Waals surface area contributed by atoms with Gasteiger partial charge in [0.25, 0.3) is 0 Å². The van der Waals surface area contributed by atoms with Gasteiger partial charge in [-0.3, -0.25) is 13.8 Å². The number of nitrogens with one attached hydrogen (secondary N) is 1. The Morgan fingerprint density at radius 3 is 2.80 bits per heavy atom. The number of piperazine rings is 1. The predicted octanol–water partition coefficient (Wildman–Crippen LogP) is -0.898. The Kier molecular flexibility index (Phi) is 4.26. The first kappa shape index (κ1) is 12.2. The molecular weight excluding hydrogens is 216 g/mol. The minimum absolute atomic E-state index is 0.0874. The summed E-state index contributed by atoms with van der Waals surface area (Å²) in [7, 11) is -0.892. The van der Waals surface area contributed by atoms with E-state index in [1.54, 1.807) is 6.92 Å². The van der Waals surface area contributed by atoms with E-state index in [1.807, 2.05) is 6.92 Å². The number of hydrogen-bond acceptors (Lipinski definition) is 3. The molecule has 5 nitrogen and oxygen atoms in total. The Morgan fingerprint density at radius 2 is 2.20 bits per heavy atom. The minimum Gasteiger partial charge on any atom is -0.343 e. The van der Waals surface area contributed by atoms with Gasteiger partial charge >= 0.3 is 0 Å². The summed E-state index contributed by atoms with van der Waals surface area (Å²) in [5.74, 6) is 0.790. The second kappa shape index (κ2) is 5.25. The van der Waals surface area contributed by atoms with Gasteiger partial charge in [0, 0.05) is 28.9 Å². The normalized spacial score (nSPS) is 23.9. The van der Waals surface area contributed by atoms with Crippen molar-refractivity contribution in [3.8, 4) is 0 Å². The van der Waals surface area contributed by atoms with Crippen LogP contribution in [-0.4, -0.2) is 51.6 Å². The molecule has 0 aromatic carbocycles. The van der Waals surface area contributed by atoms with Gasteiger partial charge in [-0.2, -0.15) is 0 Å². The smallest absolute Gasteiger partial charge is 0.245 e. The van der Waals surface area contributed by atoms with E-state index in [0.29, 0.717) is 18.1 Å². The van der Waals surface area contributed by atoms with Crippen LogP contribution in [0.3, 0.4) is 0 Å². The number of nitrogens with zero attached hydrogens (tertiary/aromatic N) is 1. The summed E-state index contributed by atoms with van der Waals surface area (Å²) >= 11 is 0. The Morgan fingerprint density at radius 1 is 1.53 bits per heavy atom. The largest absolute Gasteiger partial charge is 0.343 e. The number of carbonyl (C=O) groups excluding carboxylic acids is 2. The van der Waals surface area contributed by atoms with E-state index in [1.165, 1.54) is 4.90 Å². The molecule has 1 fully saturated rings. The van der Waals surface area contributed by atoms with Crippen molar-refractivity contribution in [3.63, 3.8) is 0 Å². The van der Waals surface area contributed by atoms with Crippen LogP contribution >= 0.6 is 0 Å². The minimum atomic E-state index is -0.892. The molecule has 1 rings (SSSR count). The number of carbonyl (C=O) groups is 2. The molecule has 0 aromatic heterocycles. The van der Waals surface area contributed by atoms with Gasteiger partial charge < -0.3 is 10.2 Å². The van der Waals surface area contributed by atoms with Crippen molar-refractivity contribution >= 4 is 22.6 Å². The van der Waals surface area contributed by atoms with Gasteiger partial charge in [0.05, 0.1) is 6.54 Å². The Hall–Kier alpha value is -0.910. The van der Waals surface area contributed by atoms with E-state index in [9.17, 15) is 13.8 Å². The lowest BCUT2D eigenvalue weighted by atomic mass is 10.2. The molecule has 2 atom stereocenters. The summed E-state index contributed by atoms with van der Waals surface area (Å²) in [6, 6.07) is -0.457. The SMILES string of the molecule is CCS(=O)CCN1CC(=O)NC(C)C1=O. The van der Waals surface area contributed by atoms with Gasteiger partial charge in [0.15, 0.2) is 0 Å². The second-order valence-electron chi connectivity index (χ2n) is 3.48.